The van der Waals surface area contributed by atoms with Crippen LogP contribution in [0.5, 0.6) is 0 Å². The molecule has 2 atom stereocenters. The predicted molar refractivity (Wildman–Crippen MR) is 140 cm³/mol. The molecule has 1 spiro atoms. The maximum absolute atomic E-state index is 14.1. The van der Waals surface area contributed by atoms with Crippen LogP contribution < -0.4 is 10.6 Å². The number of carbonyl (C=O) groups excluding carboxylic acids is 4. The van der Waals surface area contributed by atoms with E-state index in [2.05, 4.69) is 15.6 Å². The van der Waals surface area contributed by atoms with E-state index in [1.54, 1.807) is 31.3 Å². The lowest BCUT2D eigenvalue weighted by molar-refractivity contribution is -0.133. The fourth-order valence-corrected chi connectivity index (χ4v) is 6.11. The Bertz CT molecular complexity index is 1610. The number of nitrogens with zero attached hydrogens (tertiary/aromatic N) is 3. The summed E-state index contributed by atoms with van der Waals surface area (Å²) in [5.41, 5.74) is 0.553. The van der Waals surface area contributed by atoms with Gasteiger partial charge in [0.25, 0.3) is 5.91 Å². The van der Waals surface area contributed by atoms with Crippen molar-refractivity contribution < 1.29 is 28.0 Å². The van der Waals surface area contributed by atoms with E-state index in [1.807, 2.05) is 12.1 Å². The van der Waals surface area contributed by atoms with E-state index in [1.165, 1.54) is 6.92 Å². The molecule has 2 unspecified atom stereocenters. The molecule has 3 heterocycles. The van der Waals surface area contributed by atoms with Crippen molar-refractivity contribution >= 4 is 35.3 Å². The van der Waals surface area contributed by atoms with E-state index in [9.17, 15) is 28.0 Å². The lowest BCUT2D eigenvalue weighted by Gasteiger charge is -2.31. The average molecular weight is 546 g/mol. The summed E-state index contributed by atoms with van der Waals surface area (Å²) < 4.78 is 28.2. The van der Waals surface area contributed by atoms with Crippen LogP contribution in [0.4, 0.5) is 25.1 Å². The number of benzene rings is 2. The van der Waals surface area contributed by atoms with Gasteiger partial charge in [-0.25, -0.2) is 18.6 Å². The summed E-state index contributed by atoms with van der Waals surface area (Å²) in [6, 6.07) is 11.0. The minimum absolute atomic E-state index is 0.0297. The molecule has 2 aromatic carbocycles. The number of urea groups is 1. The Balaban J connectivity index is 1.25. The molecule has 1 saturated heterocycles. The molecule has 204 valence electrons. The van der Waals surface area contributed by atoms with Crippen molar-refractivity contribution in [3.05, 3.63) is 88.6 Å². The third-order valence-electron chi connectivity index (χ3n) is 8.17. The van der Waals surface area contributed by atoms with Crippen LogP contribution in [0.25, 0.3) is 0 Å². The molecule has 2 aliphatic heterocycles. The fourth-order valence-electron chi connectivity index (χ4n) is 6.11. The zero-order valence-electron chi connectivity index (χ0n) is 21.8. The van der Waals surface area contributed by atoms with Crippen LogP contribution in [0.2, 0.25) is 0 Å². The van der Waals surface area contributed by atoms with Crippen molar-refractivity contribution in [3.8, 4) is 0 Å². The summed E-state index contributed by atoms with van der Waals surface area (Å²) in [6.45, 7) is 2.47. The Kier molecular flexibility index (Phi) is 5.72. The second kappa shape index (κ2) is 8.94. The summed E-state index contributed by atoms with van der Waals surface area (Å²) >= 11 is 0. The number of hydrogen-bond acceptors (Lipinski definition) is 5. The minimum Gasteiger partial charge on any atom is -0.325 e. The van der Waals surface area contributed by atoms with Gasteiger partial charge in [-0.05, 0) is 73.7 Å². The highest BCUT2D eigenvalue weighted by molar-refractivity contribution is 6.09. The number of pyridine rings is 1. The first-order chi connectivity index (χ1) is 19.1. The largest absolute Gasteiger partial charge is 0.328 e. The molecule has 40 heavy (non-hydrogen) atoms. The van der Waals surface area contributed by atoms with Gasteiger partial charge in [0.05, 0.1) is 5.41 Å². The molecule has 1 aromatic heterocycles. The summed E-state index contributed by atoms with van der Waals surface area (Å²) in [4.78, 5) is 58.8. The van der Waals surface area contributed by atoms with Gasteiger partial charge in [0.2, 0.25) is 11.8 Å². The number of halogens is 2. The Morgan fingerprint density at radius 3 is 2.50 bits per heavy atom. The van der Waals surface area contributed by atoms with Gasteiger partial charge in [0, 0.05) is 30.1 Å². The molecule has 1 fully saturated rings. The Morgan fingerprint density at radius 2 is 1.77 bits per heavy atom. The lowest BCUT2D eigenvalue weighted by atomic mass is 9.79. The van der Waals surface area contributed by atoms with Crippen molar-refractivity contribution in [1.82, 2.24) is 14.8 Å². The van der Waals surface area contributed by atoms with Gasteiger partial charge in [0.15, 0.2) is 0 Å². The number of carbonyl (C=O) groups is 4. The lowest BCUT2D eigenvalue weighted by Crippen LogP contribution is -2.47. The smallest absolute Gasteiger partial charge is 0.325 e. The topological polar surface area (TPSA) is 112 Å². The first kappa shape index (κ1) is 25.6. The number of anilines is 2. The van der Waals surface area contributed by atoms with E-state index in [4.69, 9.17) is 0 Å². The van der Waals surface area contributed by atoms with E-state index in [0.717, 1.165) is 38.6 Å². The quantitative estimate of drug-likeness (QED) is 0.477. The number of rotatable bonds is 5. The van der Waals surface area contributed by atoms with Crippen LogP contribution >= 0.6 is 0 Å². The standard InChI is InChI=1S/C29H25F2N5O4/c1-3-35-26(39)28(2,18-10-19(30)12-20(31)11-18)36(27(35)40)15-23(37)33-21-7-6-16-13-29(14-17(16)9-21)22-5-4-8-32-24(22)34-25(29)38/h4-12H,3,13-15H2,1-2H3,(H,33,37)(H,32,34,38). The molecule has 9 nitrogen and oxygen atoms in total. The van der Waals surface area contributed by atoms with Crippen molar-refractivity contribution in [1.29, 1.82) is 0 Å². The molecule has 11 heteroatoms. The van der Waals surface area contributed by atoms with Crippen LogP contribution in [0.15, 0.2) is 54.7 Å². The highest BCUT2D eigenvalue weighted by Crippen LogP contribution is 2.47. The van der Waals surface area contributed by atoms with Gasteiger partial charge in [0.1, 0.15) is 29.5 Å². The van der Waals surface area contributed by atoms with Crippen molar-refractivity contribution in [2.75, 3.05) is 23.7 Å². The monoisotopic (exact) mass is 545 g/mol. The molecule has 3 aromatic rings. The van der Waals surface area contributed by atoms with Crippen molar-refractivity contribution in [2.45, 2.75) is 37.6 Å². The third kappa shape index (κ3) is 3.68. The van der Waals surface area contributed by atoms with Crippen LogP contribution in [0, 0.1) is 11.6 Å². The first-order valence-corrected chi connectivity index (χ1v) is 12.9. The van der Waals surface area contributed by atoms with Gasteiger partial charge in [-0.2, -0.15) is 0 Å². The number of imide groups is 1. The zero-order valence-corrected chi connectivity index (χ0v) is 21.8. The van der Waals surface area contributed by atoms with E-state index in [0.29, 0.717) is 30.4 Å². The molecule has 3 aliphatic rings. The summed E-state index contributed by atoms with van der Waals surface area (Å²) in [7, 11) is 0. The number of aromatic nitrogens is 1. The summed E-state index contributed by atoms with van der Waals surface area (Å²) in [6.07, 6.45) is 2.56. The number of amides is 5. The number of hydrogen-bond donors (Lipinski definition) is 2. The summed E-state index contributed by atoms with van der Waals surface area (Å²) in [5.74, 6) is -2.63. The maximum atomic E-state index is 14.1. The second-order valence-electron chi connectivity index (χ2n) is 10.5. The second-order valence-corrected chi connectivity index (χ2v) is 10.5. The van der Waals surface area contributed by atoms with Gasteiger partial charge in [-0.1, -0.05) is 12.1 Å². The minimum atomic E-state index is -1.78. The number of fused-ring (bicyclic) bond motifs is 3. The Labute approximate surface area is 228 Å². The molecule has 2 N–H and O–H groups in total. The van der Waals surface area contributed by atoms with Crippen LogP contribution in [-0.2, 0) is 38.2 Å². The van der Waals surface area contributed by atoms with E-state index >= 15 is 0 Å². The van der Waals surface area contributed by atoms with E-state index < -0.39 is 47.0 Å². The van der Waals surface area contributed by atoms with Gasteiger partial charge >= 0.3 is 6.03 Å². The van der Waals surface area contributed by atoms with Gasteiger partial charge in [-0.15, -0.1) is 0 Å². The molecular formula is C29H25F2N5O4. The highest BCUT2D eigenvalue weighted by Gasteiger charge is 2.55. The predicted octanol–water partition coefficient (Wildman–Crippen LogP) is 3.49. The molecule has 1 aliphatic carbocycles. The molecule has 0 radical (unpaired) electrons. The van der Waals surface area contributed by atoms with Crippen LogP contribution in [-0.4, -0.2) is 51.6 Å². The molecular weight excluding hydrogens is 520 g/mol. The van der Waals surface area contributed by atoms with Crippen LogP contribution in [0.1, 0.15) is 36.1 Å². The fraction of sp³-hybridized carbons (Fsp3) is 0.276. The molecule has 6 rings (SSSR count). The maximum Gasteiger partial charge on any atom is 0.328 e. The highest BCUT2D eigenvalue weighted by atomic mass is 19.1. The summed E-state index contributed by atoms with van der Waals surface area (Å²) in [5, 5.41) is 5.63. The first-order valence-electron chi connectivity index (χ1n) is 12.9. The normalized spacial score (nSPS) is 23.1. The Morgan fingerprint density at radius 1 is 1.05 bits per heavy atom. The third-order valence-corrected chi connectivity index (χ3v) is 8.17. The average Bonchev–Trinajstić information content (AvgIpc) is 3.48. The molecule has 0 bridgehead atoms. The Hall–Kier alpha value is -4.67. The molecule has 5 amide bonds. The zero-order chi connectivity index (χ0) is 28.4. The van der Waals surface area contributed by atoms with Crippen molar-refractivity contribution in [2.24, 2.45) is 0 Å². The number of nitrogens with one attached hydrogen (secondary N) is 2. The molecule has 0 saturated carbocycles. The van der Waals surface area contributed by atoms with E-state index in [-0.39, 0.29) is 18.0 Å². The SMILES string of the molecule is CCN1C(=O)N(CC(=O)Nc2ccc3c(c2)CC2(C3)C(=O)Nc3ncccc32)C(C)(c2cc(F)cc(F)c2)C1=O. The van der Waals surface area contributed by atoms with Crippen LogP contribution in [0.3, 0.4) is 0 Å². The van der Waals surface area contributed by atoms with Gasteiger partial charge < -0.3 is 10.6 Å². The van der Waals surface area contributed by atoms with Gasteiger partial charge in [-0.3, -0.25) is 24.2 Å². The van der Waals surface area contributed by atoms with Crippen molar-refractivity contribution in [3.63, 3.8) is 0 Å². The number of likely N-dealkylation sites (N-methyl/N-ethyl adjacent to an activating group) is 1.